The van der Waals surface area contributed by atoms with Gasteiger partial charge in [-0.05, 0) is 30.2 Å². The van der Waals surface area contributed by atoms with Crippen LogP contribution in [-0.4, -0.2) is 5.97 Å². The third-order valence-electron chi connectivity index (χ3n) is 3.50. The van der Waals surface area contributed by atoms with Crippen LogP contribution in [0.1, 0.15) is 30.0 Å². The van der Waals surface area contributed by atoms with Crippen molar-refractivity contribution in [2.24, 2.45) is 0 Å². The van der Waals surface area contributed by atoms with Crippen LogP contribution in [0.3, 0.4) is 0 Å². The zero-order valence-corrected chi connectivity index (χ0v) is 15.8. The number of esters is 1. The van der Waals surface area contributed by atoms with Gasteiger partial charge in [0.15, 0.2) is 0 Å². The molecule has 0 aromatic heterocycles. The first-order chi connectivity index (χ1) is 11.5. The van der Waals surface area contributed by atoms with Gasteiger partial charge in [0.1, 0.15) is 18.1 Å². The zero-order valence-electron chi connectivity index (χ0n) is 13.4. The monoisotopic (exact) mass is 384 g/mol. The average Bonchev–Trinajstić information content (AvgIpc) is 2.57. The van der Waals surface area contributed by atoms with E-state index in [1.807, 2.05) is 19.1 Å². The predicted octanol–water partition coefficient (Wildman–Crippen LogP) is 5.63. The van der Waals surface area contributed by atoms with Crippen molar-refractivity contribution in [3.8, 4) is 11.5 Å². The number of hydrogen-bond donors (Lipinski definition) is 1. The molecule has 0 aliphatic carbocycles. The smallest absolute Gasteiger partial charge is 0.310 e. The molecular formula is C18H18Cl2O3S. The molecule has 0 atom stereocenters. The van der Waals surface area contributed by atoms with E-state index in [0.717, 1.165) is 16.7 Å². The van der Waals surface area contributed by atoms with Crippen molar-refractivity contribution in [1.82, 2.24) is 0 Å². The van der Waals surface area contributed by atoms with Gasteiger partial charge in [-0.2, -0.15) is 12.6 Å². The molecule has 0 amide bonds. The van der Waals surface area contributed by atoms with E-state index >= 15 is 0 Å². The van der Waals surface area contributed by atoms with Gasteiger partial charge in [-0.25, -0.2) is 0 Å². The minimum Gasteiger partial charge on any atom is -0.487 e. The lowest BCUT2D eigenvalue weighted by atomic mass is 10.1. The summed E-state index contributed by atoms with van der Waals surface area (Å²) in [6, 6.07) is 8.91. The highest BCUT2D eigenvalue weighted by Gasteiger charge is 2.14. The molecule has 0 bridgehead atoms. The van der Waals surface area contributed by atoms with Gasteiger partial charge in [-0.3, -0.25) is 4.79 Å². The van der Waals surface area contributed by atoms with Gasteiger partial charge < -0.3 is 9.47 Å². The van der Waals surface area contributed by atoms with E-state index < -0.39 is 0 Å². The number of carbonyl (C=O) groups excluding carboxylic acids is 1. The summed E-state index contributed by atoms with van der Waals surface area (Å²) in [6.07, 6.45) is 0.296. The summed E-state index contributed by atoms with van der Waals surface area (Å²) in [5, 5.41) is 1.06. The minimum absolute atomic E-state index is 0.197. The van der Waals surface area contributed by atoms with Crippen molar-refractivity contribution in [2.75, 3.05) is 0 Å². The molecule has 24 heavy (non-hydrogen) atoms. The molecule has 0 saturated carbocycles. The van der Waals surface area contributed by atoms with E-state index in [1.54, 1.807) is 25.1 Å². The Morgan fingerprint density at radius 1 is 1.17 bits per heavy atom. The summed E-state index contributed by atoms with van der Waals surface area (Å²) < 4.78 is 11.2. The largest absolute Gasteiger partial charge is 0.487 e. The summed E-state index contributed by atoms with van der Waals surface area (Å²) >= 11 is 16.7. The van der Waals surface area contributed by atoms with Crippen molar-refractivity contribution in [1.29, 1.82) is 0 Å². The highest BCUT2D eigenvalue weighted by molar-refractivity contribution is 7.79. The van der Waals surface area contributed by atoms with E-state index in [4.69, 9.17) is 32.7 Å². The first-order valence-corrected chi connectivity index (χ1v) is 8.85. The van der Waals surface area contributed by atoms with Crippen LogP contribution in [0.4, 0.5) is 0 Å². The fourth-order valence-electron chi connectivity index (χ4n) is 2.10. The molecule has 2 aromatic carbocycles. The molecule has 0 N–H and O–H groups in total. The Morgan fingerprint density at radius 2 is 1.92 bits per heavy atom. The molecule has 0 spiro atoms. The molecule has 0 saturated heterocycles. The Bertz CT molecular complexity index is 747. The molecule has 2 rings (SSSR count). The van der Waals surface area contributed by atoms with Gasteiger partial charge in [0.25, 0.3) is 0 Å². The van der Waals surface area contributed by atoms with Crippen LogP contribution in [0.15, 0.2) is 30.3 Å². The third-order valence-corrected chi connectivity index (χ3v) is 4.54. The molecule has 0 heterocycles. The standard InChI is InChI=1S/C18H18Cl2O3S/c1-3-18(21)23-16-6-4-5-12(10-24)13(16)9-22-17-8-14(19)11(2)7-15(17)20/h4-8,24H,3,9-10H2,1-2H3. The number of hydrogen-bond acceptors (Lipinski definition) is 4. The van der Waals surface area contributed by atoms with E-state index in [0.29, 0.717) is 33.7 Å². The first-order valence-electron chi connectivity index (χ1n) is 7.47. The van der Waals surface area contributed by atoms with E-state index in [2.05, 4.69) is 12.6 Å². The summed E-state index contributed by atoms with van der Waals surface area (Å²) in [5.41, 5.74) is 2.57. The van der Waals surface area contributed by atoms with Gasteiger partial charge in [0, 0.05) is 28.8 Å². The normalized spacial score (nSPS) is 10.5. The second-order valence-electron chi connectivity index (χ2n) is 5.20. The molecule has 128 valence electrons. The van der Waals surface area contributed by atoms with Crippen molar-refractivity contribution in [3.05, 3.63) is 57.1 Å². The number of benzene rings is 2. The molecule has 0 unspecified atom stereocenters. The van der Waals surface area contributed by atoms with Crippen molar-refractivity contribution in [3.63, 3.8) is 0 Å². The lowest BCUT2D eigenvalue weighted by Crippen LogP contribution is -2.10. The molecule has 0 fully saturated rings. The zero-order chi connectivity index (χ0) is 17.7. The Balaban J connectivity index is 2.28. The van der Waals surface area contributed by atoms with Crippen LogP contribution < -0.4 is 9.47 Å². The summed E-state index contributed by atoms with van der Waals surface area (Å²) in [6.45, 7) is 3.81. The lowest BCUT2D eigenvalue weighted by molar-refractivity contribution is -0.134. The van der Waals surface area contributed by atoms with Crippen molar-refractivity contribution < 1.29 is 14.3 Å². The summed E-state index contributed by atoms with van der Waals surface area (Å²) in [7, 11) is 0. The quantitative estimate of drug-likeness (QED) is 0.398. The maximum atomic E-state index is 11.6. The average molecular weight is 385 g/mol. The number of aryl methyl sites for hydroxylation is 1. The lowest BCUT2D eigenvalue weighted by Gasteiger charge is -2.15. The number of rotatable bonds is 6. The van der Waals surface area contributed by atoms with Gasteiger partial charge in [-0.15, -0.1) is 0 Å². The van der Waals surface area contributed by atoms with Crippen LogP contribution in [0.5, 0.6) is 11.5 Å². The fraction of sp³-hybridized carbons (Fsp3) is 0.278. The van der Waals surface area contributed by atoms with Gasteiger partial charge >= 0.3 is 5.97 Å². The van der Waals surface area contributed by atoms with Gasteiger partial charge in [0.05, 0.1) is 5.02 Å². The van der Waals surface area contributed by atoms with Crippen LogP contribution >= 0.6 is 35.8 Å². The summed E-state index contributed by atoms with van der Waals surface area (Å²) in [5.74, 6) is 1.15. The number of carbonyl (C=O) groups is 1. The number of ether oxygens (including phenoxy) is 2. The predicted molar refractivity (Wildman–Crippen MR) is 101 cm³/mol. The molecule has 0 radical (unpaired) electrons. The van der Waals surface area contributed by atoms with Gasteiger partial charge in [-0.1, -0.05) is 42.3 Å². The van der Waals surface area contributed by atoms with E-state index in [1.165, 1.54) is 0 Å². The molecule has 0 aliphatic rings. The molecular weight excluding hydrogens is 367 g/mol. The molecule has 6 heteroatoms. The Labute approximate surface area is 157 Å². The Morgan fingerprint density at radius 3 is 2.58 bits per heavy atom. The molecule has 3 nitrogen and oxygen atoms in total. The minimum atomic E-state index is -0.302. The highest BCUT2D eigenvalue weighted by atomic mass is 35.5. The number of halogens is 2. The SMILES string of the molecule is CCC(=O)Oc1cccc(CS)c1COc1cc(Cl)c(C)cc1Cl. The Hall–Kier alpha value is -1.36. The van der Waals surface area contributed by atoms with Crippen LogP contribution in [0.25, 0.3) is 0 Å². The molecule has 2 aromatic rings. The Kier molecular flexibility index (Phi) is 6.84. The van der Waals surface area contributed by atoms with Gasteiger partial charge in [0.2, 0.25) is 0 Å². The summed E-state index contributed by atoms with van der Waals surface area (Å²) in [4.78, 5) is 11.6. The fourth-order valence-corrected chi connectivity index (χ4v) is 2.82. The van der Waals surface area contributed by atoms with E-state index in [-0.39, 0.29) is 12.6 Å². The second-order valence-corrected chi connectivity index (χ2v) is 6.33. The van der Waals surface area contributed by atoms with Crippen LogP contribution in [0.2, 0.25) is 10.0 Å². The number of thiol groups is 1. The molecule has 0 aliphatic heterocycles. The van der Waals surface area contributed by atoms with Crippen LogP contribution in [-0.2, 0) is 17.2 Å². The van der Waals surface area contributed by atoms with Crippen molar-refractivity contribution >= 4 is 41.8 Å². The topological polar surface area (TPSA) is 35.5 Å². The maximum Gasteiger partial charge on any atom is 0.310 e. The third kappa shape index (κ3) is 4.59. The maximum absolute atomic E-state index is 11.6. The first kappa shape index (κ1) is 19.0. The van der Waals surface area contributed by atoms with E-state index in [9.17, 15) is 4.79 Å². The van der Waals surface area contributed by atoms with Crippen molar-refractivity contribution in [2.45, 2.75) is 32.6 Å². The highest BCUT2D eigenvalue weighted by Crippen LogP contribution is 2.33. The second kappa shape index (κ2) is 8.65. The van der Waals surface area contributed by atoms with Crippen LogP contribution in [0, 0.1) is 6.92 Å².